The molecule has 0 aliphatic rings. The Balaban J connectivity index is 4.51. The number of rotatable bonds is 6. The molecule has 0 heterocycles. The molecule has 0 rings (SSSR count). The van der Waals surface area contributed by atoms with E-state index in [4.69, 9.17) is 5.26 Å². The van der Waals surface area contributed by atoms with Crippen LogP contribution in [0, 0.1) is 17.2 Å². The molecule has 0 saturated heterocycles. The molecule has 0 aromatic carbocycles. The lowest BCUT2D eigenvalue weighted by atomic mass is 10.2. The minimum absolute atomic E-state index is 0.0720. The van der Waals surface area contributed by atoms with Gasteiger partial charge in [0.1, 0.15) is 9.84 Å². The van der Waals surface area contributed by atoms with E-state index in [1.807, 2.05) is 6.07 Å². The van der Waals surface area contributed by atoms with Gasteiger partial charge in [0.2, 0.25) is 10.0 Å². The smallest absolute Gasteiger partial charge is 0.214 e. The molecule has 0 spiro atoms. The van der Waals surface area contributed by atoms with Crippen molar-refractivity contribution in [1.29, 1.82) is 5.26 Å². The third-order valence-electron chi connectivity index (χ3n) is 1.94. The highest BCUT2D eigenvalue weighted by Gasteiger charge is 2.21. The molecule has 0 aliphatic heterocycles. The largest absolute Gasteiger partial charge is 0.229 e. The number of nitriles is 1. The highest BCUT2D eigenvalue weighted by Crippen LogP contribution is 2.04. The van der Waals surface area contributed by atoms with E-state index in [0.717, 1.165) is 10.6 Å². The topological polar surface area (TPSA) is 95.3 Å². The Labute approximate surface area is 96.8 Å². The molecule has 0 aromatic rings. The Morgan fingerprint density at radius 3 is 2.12 bits per heavy atom. The SMILES string of the molecule is CC(C#N)CN(C)S(=O)(=O)CCS(C)(=O)=O. The van der Waals surface area contributed by atoms with Gasteiger partial charge in [0.25, 0.3) is 0 Å². The molecule has 6 nitrogen and oxygen atoms in total. The van der Waals surface area contributed by atoms with Crippen molar-refractivity contribution in [3.8, 4) is 6.07 Å². The summed E-state index contributed by atoms with van der Waals surface area (Å²) in [5, 5.41) is 8.54. The van der Waals surface area contributed by atoms with Gasteiger partial charge in [-0.25, -0.2) is 21.1 Å². The van der Waals surface area contributed by atoms with Crippen molar-refractivity contribution >= 4 is 19.9 Å². The van der Waals surface area contributed by atoms with Gasteiger partial charge in [0.05, 0.1) is 23.5 Å². The first-order valence-electron chi connectivity index (χ1n) is 4.60. The first kappa shape index (κ1) is 15.3. The molecule has 16 heavy (non-hydrogen) atoms. The summed E-state index contributed by atoms with van der Waals surface area (Å²) in [5.74, 6) is -1.26. The molecule has 0 amide bonds. The fourth-order valence-corrected chi connectivity index (χ4v) is 3.77. The van der Waals surface area contributed by atoms with E-state index in [1.165, 1.54) is 7.05 Å². The van der Waals surface area contributed by atoms with E-state index in [0.29, 0.717) is 0 Å². The van der Waals surface area contributed by atoms with E-state index >= 15 is 0 Å². The second-order valence-electron chi connectivity index (χ2n) is 3.76. The van der Waals surface area contributed by atoms with E-state index in [2.05, 4.69) is 0 Å². The number of nitrogens with zero attached hydrogens (tertiary/aromatic N) is 2. The Hall–Kier alpha value is -0.650. The zero-order valence-corrected chi connectivity index (χ0v) is 11.2. The summed E-state index contributed by atoms with van der Waals surface area (Å²) in [4.78, 5) is 0. The molecule has 94 valence electrons. The second kappa shape index (κ2) is 5.61. The van der Waals surface area contributed by atoms with Crippen LogP contribution >= 0.6 is 0 Å². The van der Waals surface area contributed by atoms with Gasteiger partial charge in [-0.15, -0.1) is 0 Å². The highest BCUT2D eigenvalue weighted by molar-refractivity contribution is 7.93. The lowest BCUT2D eigenvalue weighted by Gasteiger charge is -2.17. The van der Waals surface area contributed by atoms with Gasteiger partial charge in [-0.05, 0) is 6.92 Å². The van der Waals surface area contributed by atoms with Crippen LogP contribution in [0.3, 0.4) is 0 Å². The van der Waals surface area contributed by atoms with Gasteiger partial charge < -0.3 is 0 Å². The maximum Gasteiger partial charge on any atom is 0.214 e. The Morgan fingerprint density at radius 1 is 1.25 bits per heavy atom. The lowest BCUT2D eigenvalue weighted by molar-refractivity contribution is 0.440. The molecular formula is C8H16N2O4S2. The summed E-state index contributed by atoms with van der Waals surface area (Å²) in [6.07, 6.45) is 0.987. The fraction of sp³-hybridized carbons (Fsp3) is 0.875. The molecule has 0 aromatic heterocycles. The van der Waals surface area contributed by atoms with E-state index in [9.17, 15) is 16.8 Å². The Morgan fingerprint density at radius 2 is 1.75 bits per heavy atom. The van der Waals surface area contributed by atoms with Crippen molar-refractivity contribution in [2.45, 2.75) is 6.92 Å². The predicted octanol–water partition coefficient (Wildman–Crippen LogP) is -0.548. The van der Waals surface area contributed by atoms with Crippen LogP contribution in [0.2, 0.25) is 0 Å². The molecule has 1 unspecified atom stereocenters. The Kier molecular flexibility index (Phi) is 5.38. The van der Waals surface area contributed by atoms with Crippen molar-refractivity contribution in [2.75, 3.05) is 31.4 Å². The minimum atomic E-state index is -3.60. The summed E-state index contributed by atoms with van der Waals surface area (Å²) >= 11 is 0. The lowest BCUT2D eigenvalue weighted by Crippen LogP contribution is -2.34. The molecule has 0 radical (unpaired) electrons. The molecule has 0 N–H and O–H groups in total. The van der Waals surface area contributed by atoms with Crippen molar-refractivity contribution in [3.05, 3.63) is 0 Å². The second-order valence-corrected chi connectivity index (χ2v) is 8.21. The fourth-order valence-electron chi connectivity index (χ4n) is 0.953. The van der Waals surface area contributed by atoms with Gasteiger partial charge in [0, 0.05) is 19.8 Å². The average Bonchev–Trinajstić information content (AvgIpc) is 2.13. The van der Waals surface area contributed by atoms with Crippen LogP contribution in [0.25, 0.3) is 0 Å². The average molecular weight is 268 g/mol. The summed E-state index contributed by atoms with van der Waals surface area (Å²) in [5.41, 5.74) is 0. The van der Waals surface area contributed by atoms with E-state index in [1.54, 1.807) is 6.92 Å². The van der Waals surface area contributed by atoms with Crippen LogP contribution in [0.4, 0.5) is 0 Å². The van der Waals surface area contributed by atoms with Crippen LogP contribution in [0.1, 0.15) is 6.92 Å². The quantitative estimate of drug-likeness (QED) is 0.644. The standard InChI is InChI=1S/C8H16N2O4S2/c1-8(6-9)7-10(2)16(13,14)5-4-15(3,11)12/h8H,4-5,7H2,1-3H3. The zero-order valence-electron chi connectivity index (χ0n) is 9.54. The molecule has 0 saturated carbocycles. The number of sulfone groups is 1. The number of hydrogen-bond acceptors (Lipinski definition) is 5. The van der Waals surface area contributed by atoms with Gasteiger partial charge in [0.15, 0.2) is 0 Å². The van der Waals surface area contributed by atoms with Gasteiger partial charge in [-0.1, -0.05) is 0 Å². The van der Waals surface area contributed by atoms with E-state index < -0.39 is 37.3 Å². The van der Waals surface area contributed by atoms with Crippen LogP contribution in [-0.2, 0) is 19.9 Å². The Bertz CT molecular complexity index is 461. The van der Waals surface area contributed by atoms with Crippen LogP contribution in [0.15, 0.2) is 0 Å². The first-order chi connectivity index (χ1) is 7.08. The third-order valence-corrected chi connectivity index (χ3v) is 4.96. The molecule has 0 bridgehead atoms. The summed E-state index contributed by atoms with van der Waals surface area (Å²) in [6.45, 7) is 1.67. The van der Waals surface area contributed by atoms with Gasteiger partial charge >= 0.3 is 0 Å². The van der Waals surface area contributed by atoms with Crippen molar-refractivity contribution in [3.63, 3.8) is 0 Å². The maximum absolute atomic E-state index is 11.6. The number of hydrogen-bond donors (Lipinski definition) is 0. The van der Waals surface area contributed by atoms with Crippen molar-refractivity contribution in [1.82, 2.24) is 4.31 Å². The summed E-state index contributed by atoms with van der Waals surface area (Å²) < 4.78 is 45.9. The van der Waals surface area contributed by atoms with Gasteiger partial charge in [-0.3, -0.25) is 0 Å². The van der Waals surface area contributed by atoms with Crippen LogP contribution < -0.4 is 0 Å². The third kappa shape index (κ3) is 6.05. The summed E-state index contributed by atoms with van der Waals surface area (Å²) in [6, 6.07) is 1.92. The minimum Gasteiger partial charge on any atom is -0.229 e. The first-order valence-corrected chi connectivity index (χ1v) is 8.27. The normalized spacial score (nSPS) is 14.7. The predicted molar refractivity (Wildman–Crippen MR) is 60.9 cm³/mol. The zero-order chi connectivity index (χ0) is 13.0. The van der Waals surface area contributed by atoms with E-state index in [-0.39, 0.29) is 6.54 Å². The van der Waals surface area contributed by atoms with Crippen LogP contribution in [-0.4, -0.2) is 52.5 Å². The summed E-state index contributed by atoms with van der Waals surface area (Å²) in [7, 11) is -5.55. The van der Waals surface area contributed by atoms with Crippen molar-refractivity contribution < 1.29 is 16.8 Å². The molecular weight excluding hydrogens is 252 g/mol. The maximum atomic E-state index is 11.6. The molecule has 0 fully saturated rings. The number of sulfonamides is 1. The molecule has 8 heteroatoms. The van der Waals surface area contributed by atoms with Crippen molar-refractivity contribution in [2.24, 2.45) is 5.92 Å². The van der Waals surface area contributed by atoms with Gasteiger partial charge in [-0.2, -0.15) is 5.26 Å². The molecule has 1 atom stereocenters. The highest BCUT2D eigenvalue weighted by atomic mass is 32.2. The monoisotopic (exact) mass is 268 g/mol. The van der Waals surface area contributed by atoms with Crippen LogP contribution in [0.5, 0.6) is 0 Å². The molecule has 0 aliphatic carbocycles.